The lowest BCUT2D eigenvalue weighted by molar-refractivity contribution is -0.118. The van der Waals surface area contributed by atoms with E-state index in [1.54, 1.807) is 12.1 Å². The Bertz CT molecular complexity index is 685. The first-order valence-electron chi connectivity index (χ1n) is 7.52. The Morgan fingerprint density at radius 3 is 2.77 bits per heavy atom. The zero-order valence-corrected chi connectivity index (χ0v) is 12.3. The second-order valence-corrected chi connectivity index (χ2v) is 5.42. The Morgan fingerprint density at radius 1 is 1.09 bits per heavy atom. The quantitative estimate of drug-likeness (QED) is 0.934. The van der Waals surface area contributed by atoms with Crippen molar-refractivity contribution in [2.24, 2.45) is 0 Å². The second kappa shape index (κ2) is 6.60. The molecule has 4 heteroatoms. The van der Waals surface area contributed by atoms with E-state index in [0.29, 0.717) is 0 Å². The van der Waals surface area contributed by atoms with Gasteiger partial charge >= 0.3 is 0 Å². The van der Waals surface area contributed by atoms with Crippen molar-refractivity contribution in [3.63, 3.8) is 0 Å². The summed E-state index contributed by atoms with van der Waals surface area (Å²) in [6.07, 6.45) is 4.40. The summed E-state index contributed by atoms with van der Waals surface area (Å²) in [6, 6.07) is 12.0. The monoisotopic (exact) mass is 299 g/mol. The number of anilines is 1. The summed E-state index contributed by atoms with van der Waals surface area (Å²) >= 11 is 0. The smallest absolute Gasteiger partial charge is 0.262 e. The third-order valence-electron chi connectivity index (χ3n) is 3.86. The minimum atomic E-state index is -0.451. The zero-order chi connectivity index (χ0) is 15.4. The average molecular weight is 299 g/mol. The first kappa shape index (κ1) is 14.6. The number of halogens is 1. The van der Waals surface area contributed by atoms with Gasteiger partial charge in [-0.25, -0.2) is 4.39 Å². The fraction of sp³-hybridized carbons (Fsp3) is 0.278. The number of hydrogen-bond acceptors (Lipinski definition) is 2. The number of nitrogens with one attached hydrogen (secondary N) is 1. The summed E-state index contributed by atoms with van der Waals surface area (Å²) in [5.74, 6) is -0.0488. The van der Waals surface area contributed by atoms with Crippen molar-refractivity contribution >= 4 is 11.6 Å². The lowest BCUT2D eigenvalue weighted by Gasteiger charge is -2.19. The summed E-state index contributed by atoms with van der Waals surface area (Å²) < 4.78 is 19.1. The molecule has 0 bridgehead atoms. The molecule has 1 aliphatic rings. The highest BCUT2D eigenvalue weighted by Gasteiger charge is 2.15. The number of benzene rings is 2. The Balaban J connectivity index is 1.63. The number of carbonyl (C=O) groups is 1. The van der Waals surface area contributed by atoms with Gasteiger partial charge in [-0.2, -0.15) is 0 Å². The van der Waals surface area contributed by atoms with Crippen LogP contribution in [-0.4, -0.2) is 12.5 Å². The topological polar surface area (TPSA) is 38.3 Å². The molecule has 0 unspecified atom stereocenters. The maximum Gasteiger partial charge on any atom is 0.262 e. The molecule has 3 nitrogen and oxygen atoms in total. The van der Waals surface area contributed by atoms with Gasteiger partial charge in [0.15, 0.2) is 6.61 Å². The lowest BCUT2D eigenvalue weighted by Crippen LogP contribution is -2.21. The molecule has 0 saturated heterocycles. The fourth-order valence-corrected chi connectivity index (χ4v) is 2.77. The van der Waals surface area contributed by atoms with Gasteiger partial charge in [-0.15, -0.1) is 0 Å². The molecule has 0 aliphatic heterocycles. The van der Waals surface area contributed by atoms with Crippen LogP contribution in [0.15, 0.2) is 42.5 Å². The molecule has 3 rings (SSSR count). The van der Waals surface area contributed by atoms with Crippen molar-refractivity contribution in [3.8, 4) is 5.75 Å². The van der Waals surface area contributed by atoms with E-state index in [9.17, 15) is 9.18 Å². The Kier molecular flexibility index (Phi) is 4.37. The molecule has 1 aliphatic carbocycles. The van der Waals surface area contributed by atoms with E-state index in [0.717, 1.165) is 25.0 Å². The van der Waals surface area contributed by atoms with Crippen LogP contribution < -0.4 is 10.1 Å². The van der Waals surface area contributed by atoms with E-state index < -0.39 is 5.82 Å². The predicted molar refractivity (Wildman–Crippen MR) is 83.6 cm³/mol. The normalized spacial score (nSPS) is 13.3. The average Bonchev–Trinajstić information content (AvgIpc) is 2.55. The third-order valence-corrected chi connectivity index (χ3v) is 3.86. The molecule has 0 spiro atoms. The minimum absolute atomic E-state index is 0.120. The van der Waals surface area contributed by atoms with Gasteiger partial charge in [0.25, 0.3) is 5.91 Å². The molecule has 0 radical (unpaired) electrons. The second-order valence-electron chi connectivity index (χ2n) is 5.42. The molecule has 0 saturated carbocycles. The number of hydrogen-bond donors (Lipinski definition) is 1. The summed E-state index contributed by atoms with van der Waals surface area (Å²) in [4.78, 5) is 11.9. The van der Waals surface area contributed by atoms with Crippen molar-refractivity contribution in [3.05, 3.63) is 59.4 Å². The van der Waals surface area contributed by atoms with Gasteiger partial charge in [0.05, 0.1) is 5.69 Å². The van der Waals surface area contributed by atoms with E-state index >= 15 is 0 Å². The number of aryl methyl sites for hydroxylation is 1. The standard InChI is InChI=1S/C18H18FNO2/c19-15-9-3-4-10-16(15)20-18(21)12-22-17-11-5-7-13-6-1-2-8-14(13)17/h3-5,7,9-11H,1-2,6,8,12H2,(H,20,21). The summed E-state index contributed by atoms with van der Waals surface area (Å²) in [6.45, 7) is -0.120. The van der Waals surface area contributed by atoms with Crippen LogP contribution in [0.1, 0.15) is 24.0 Å². The Hall–Kier alpha value is -2.36. The van der Waals surface area contributed by atoms with Gasteiger partial charge in [0.1, 0.15) is 11.6 Å². The first-order chi connectivity index (χ1) is 10.7. The predicted octanol–water partition coefficient (Wildman–Crippen LogP) is 3.72. The summed E-state index contributed by atoms with van der Waals surface area (Å²) in [5.41, 5.74) is 2.68. The molecule has 0 heterocycles. The van der Waals surface area contributed by atoms with Crippen molar-refractivity contribution < 1.29 is 13.9 Å². The molecule has 0 atom stereocenters. The van der Waals surface area contributed by atoms with Crippen LogP contribution in [0.4, 0.5) is 10.1 Å². The summed E-state index contributed by atoms with van der Waals surface area (Å²) in [5, 5.41) is 2.52. The molecule has 0 fully saturated rings. The molecule has 1 N–H and O–H groups in total. The van der Waals surface area contributed by atoms with Crippen LogP contribution in [-0.2, 0) is 17.6 Å². The van der Waals surface area contributed by atoms with Gasteiger partial charge in [-0.3, -0.25) is 4.79 Å². The van der Waals surface area contributed by atoms with E-state index in [4.69, 9.17) is 4.74 Å². The van der Waals surface area contributed by atoms with Gasteiger partial charge in [0.2, 0.25) is 0 Å². The fourth-order valence-electron chi connectivity index (χ4n) is 2.77. The number of ether oxygens (including phenoxy) is 1. The van der Waals surface area contributed by atoms with Crippen molar-refractivity contribution in [1.82, 2.24) is 0 Å². The maximum absolute atomic E-state index is 13.5. The van der Waals surface area contributed by atoms with Crippen LogP contribution in [0.25, 0.3) is 0 Å². The molecule has 1 amide bonds. The molecule has 22 heavy (non-hydrogen) atoms. The highest BCUT2D eigenvalue weighted by atomic mass is 19.1. The van der Waals surface area contributed by atoms with E-state index in [1.165, 1.54) is 29.7 Å². The van der Waals surface area contributed by atoms with E-state index in [1.807, 2.05) is 12.1 Å². The van der Waals surface area contributed by atoms with Crippen molar-refractivity contribution in [2.45, 2.75) is 25.7 Å². The Morgan fingerprint density at radius 2 is 1.91 bits per heavy atom. The van der Waals surface area contributed by atoms with Gasteiger partial charge in [-0.05, 0) is 55.0 Å². The maximum atomic E-state index is 13.5. The van der Waals surface area contributed by atoms with Crippen molar-refractivity contribution in [1.29, 1.82) is 0 Å². The van der Waals surface area contributed by atoms with Crippen molar-refractivity contribution in [2.75, 3.05) is 11.9 Å². The molecular formula is C18H18FNO2. The molecule has 0 aromatic heterocycles. The minimum Gasteiger partial charge on any atom is -0.483 e. The highest BCUT2D eigenvalue weighted by molar-refractivity contribution is 5.92. The zero-order valence-electron chi connectivity index (χ0n) is 12.3. The highest BCUT2D eigenvalue weighted by Crippen LogP contribution is 2.29. The number of carbonyl (C=O) groups excluding carboxylic acids is 1. The van der Waals surface area contributed by atoms with Gasteiger partial charge in [0, 0.05) is 0 Å². The van der Waals surface area contributed by atoms with Gasteiger partial charge in [-0.1, -0.05) is 24.3 Å². The van der Waals surface area contributed by atoms with Crippen LogP contribution in [0.3, 0.4) is 0 Å². The summed E-state index contributed by atoms with van der Waals surface area (Å²) in [7, 11) is 0. The van der Waals surface area contributed by atoms with Crippen LogP contribution in [0, 0.1) is 5.82 Å². The van der Waals surface area contributed by atoms with Crippen LogP contribution in [0.2, 0.25) is 0 Å². The van der Waals surface area contributed by atoms with Crippen LogP contribution >= 0.6 is 0 Å². The van der Waals surface area contributed by atoms with E-state index in [2.05, 4.69) is 11.4 Å². The molecule has 2 aromatic carbocycles. The largest absolute Gasteiger partial charge is 0.483 e. The SMILES string of the molecule is O=C(COc1cccc2c1CCCC2)Nc1ccccc1F. The van der Waals surface area contributed by atoms with E-state index in [-0.39, 0.29) is 18.2 Å². The number of amides is 1. The van der Waals surface area contributed by atoms with Gasteiger partial charge < -0.3 is 10.1 Å². The lowest BCUT2D eigenvalue weighted by atomic mass is 9.91. The Labute approximate surface area is 129 Å². The molecule has 114 valence electrons. The van der Waals surface area contributed by atoms with Crippen LogP contribution in [0.5, 0.6) is 5.75 Å². The molecular weight excluding hydrogens is 281 g/mol. The first-order valence-corrected chi connectivity index (χ1v) is 7.52. The molecule has 2 aromatic rings. The number of rotatable bonds is 4. The number of fused-ring (bicyclic) bond motifs is 1. The third kappa shape index (κ3) is 3.27. The number of para-hydroxylation sites is 1.